The van der Waals surface area contributed by atoms with E-state index in [0.717, 1.165) is 16.8 Å². The Morgan fingerprint density at radius 2 is 1.15 bits per heavy atom. The van der Waals surface area contributed by atoms with Gasteiger partial charge in [0.15, 0.2) is 0 Å². The number of nitro benzene ring substituents is 1. The van der Waals surface area contributed by atoms with Gasteiger partial charge in [-0.15, -0.1) is 0 Å². The molecule has 0 fully saturated rings. The molecular weight excluding hydrogens is 794 g/mol. The summed E-state index contributed by atoms with van der Waals surface area (Å²) in [6.07, 6.45) is 1.52. The zero-order valence-electron chi connectivity index (χ0n) is 34.7. The summed E-state index contributed by atoms with van der Waals surface area (Å²) in [4.78, 5) is 16.2. The molecule has 0 atom stereocenters. The van der Waals surface area contributed by atoms with Crippen LogP contribution < -0.4 is 20.7 Å². The molecule has 0 aromatic heterocycles. The van der Waals surface area contributed by atoms with Gasteiger partial charge < -0.3 is 9.84 Å². The molecule has 8 heteroatoms. The number of nitrogens with zero attached hydrogens (tertiary/aromatic N) is 2. The fourth-order valence-electron chi connectivity index (χ4n) is 6.54. The van der Waals surface area contributed by atoms with Gasteiger partial charge in [-0.3, -0.25) is 15.1 Å². The van der Waals surface area contributed by atoms with E-state index < -0.39 is 18.4 Å². The van der Waals surface area contributed by atoms with E-state index in [9.17, 15) is 15.2 Å². The van der Waals surface area contributed by atoms with Gasteiger partial charge in [-0.05, 0) is 92.3 Å². The average Bonchev–Trinajstić information content (AvgIpc) is 3.22. The second-order valence-electron chi connectivity index (χ2n) is 15.4. The summed E-state index contributed by atoms with van der Waals surface area (Å²) in [6.45, 7) is 14.1. The number of para-hydroxylation sites is 1. The number of rotatable bonds is 9. The number of phenols is 1. The third kappa shape index (κ3) is 12.7. The van der Waals surface area contributed by atoms with E-state index in [0.29, 0.717) is 16.5 Å². The normalized spacial score (nSPS) is 11.1. The molecule has 6 nitrogen and oxygen atoms in total. The second kappa shape index (κ2) is 22.0. The van der Waals surface area contributed by atoms with E-state index in [1.807, 2.05) is 69.3 Å². The number of benzene rings is 7. The van der Waals surface area contributed by atoms with Crippen LogP contribution in [0.4, 0.5) is 11.4 Å². The van der Waals surface area contributed by atoms with E-state index in [-0.39, 0.29) is 45.3 Å². The van der Waals surface area contributed by atoms with Crippen LogP contribution in [0.25, 0.3) is 10.8 Å². The van der Waals surface area contributed by atoms with Gasteiger partial charge in [-0.2, -0.15) is 36.4 Å². The van der Waals surface area contributed by atoms with Gasteiger partial charge in [-0.1, -0.05) is 107 Å². The fourth-order valence-corrected chi connectivity index (χ4v) is 9.12. The Bertz CT molecular complexity index is 2250. The van der Waals surface area contributed by atoms with Crippen LogP contribution in [0.1, 0.15) is 77.0 Å². The first kappa shape index (κ1) is 46.1. The van der Waals surface area contributed by atoms with Crippen LogP contribution in [0.2, 0.25) is 0 Å². The van der Waals surface area contributed by atoms with E-state index in [4.69, 9.17) is 9.73 Å². The Labute approximate surface area is 360 Å². The first-order valence-corrected chi connectivity index (χ1v) is 21.1. The largest absolute Gasteiger partial charge is 0.506 e. The number of aromatic hydroxyl groups is 1. The standard InChI is InChI=1S/C27H32N2O4.C18H15P.C6H5.Ni/c1-16(2)19-10-8-11-20(17(3)4)25(19)28-15-18-14-22(29(31)32)21-12-9-13-23(24(21)26(18)30)33-27(5,6)7;1-4-10-16(11-5-1)19(17-12-6-2-7-13-17)18-14-8-3-9-15-18;1-2-4-6-5-3-1;/h8-17,30H,1-7H3;1-15H;1-5H;/q;;-1;/p+1. The molecule has 0 unspecified atom stereocenters. The Kier molecular flexibility index (Phi) is 17.1. The summed E-state index contributed by atoms with van der Waals surface area (Å²) in [5, 5.41) is 28.0. The molecule has 0 aliphatic rings. The topological polar surface area (TPSA) is 85.0 Å². The van der Waals surface area contributed by atoms with Crippen LogP contribution in [0, 0.1) is 16.2 Å². The Morgan fingerprint density at radius 3 is 1.54 bits per heavy atom. The van der Waals surface area contributed by atoms with Gasteiger partial charge >= 0.3 is 0 Å². The molecule has 7 rings (SSSR count). The smallest absolute Gasteiger partial charge is 0.278 e. The van der Waals surface area contributed by atoms with Crippen molar-refractivity contribution in [3.05, 3.63) is 197 Å². The van der Waals surface area contributed by atoms with Crippen LogP contribution in [-0.2, 0) is 16.5 Å². The van der Waals surface area contributed by atoms with Crippen molar-refractivity contribution in [3.63, 3.8) is 0 Å². The van der Waals surface area contributed by atoms with Crippen molar-refractivity contribution in [3.8, 4) is 11.5 Å². The summed E-state index contributed by atoms with van der Waals surface area (Å²) in [5.41, 5.74) is 2.64. The second-order valence-corrected chi connectivity index (χ2v) is 17.9. The Balaban J connectivity index is 0.000000246. The maximum Gasteiger partial charge on any atom is 0.278 e. The van der Waals surface area contributed by atoms with Crippen molar-refractivity contribution >= 4 is 52.2 Å². The molecule has 306 valence electrons. The minimum atomic E-state index is -0.877. The maximum atomic E-state index is 11.9. The SMILES string of the molecule is CC(C)c1cccc(C(C)C)c1N=Cc1cc([N+](=O)[O-])c2cccc(OC(C)(C)C)c2c1O.[Ni].[c-]1ccccc1.c1ccc([PH+](c2ccccc2)c2ccccc2)cc1. The molecule has 7 aromatic carbocycles. The van der Waals surface area contributed by atoms with Crippen LogP contribution in [0.5, 0.6) is 11.5 Å². The number of fused-ring (bicyclic) bond motifs is 1. The quantitative estimate of drug-likeness (QED) is 0.0392. The van der Waals surface area contributed by atoms with Crippen molar-refractivity contribution in [1.29, 1.82) is 0 Å². The molecule has 1 N–H and O–H groups in total. The van der Waals surface area contributed by atoms with Gasteiger partial charge in [-0.25, -0.2) is 0 Å². The van der Waals surface area contributed by atoms with Crippen molar-refractivity contribution in [1.82, 2.24) is 0 Å². The van der Waals surface area contributed by atoms with Crippen LogP contribution >= 0.6 is 7.92 Å². The molecule has 7 aromatic rings. The molecule has 0 radical (unpaired) electrons. The summed E-state index contributed by atoms with van der Waals surface area (Å²) in [5.74, 6) is 0.804. The molecule has 0 aliphatic carbocycles. The van der Waals surface area contributed by atoms with E-state index in [1.165, 1.54) is 28.2 Å². The Hall–Kier alpha value is -5.61. The van der Waals surface area contributed by atoms with Gasteiger partial charge in [0.2, 0.25) is 0 Å². The minimum absolute atomic E-state index is 0. The number of aliphatic imine (C=N–C) groups is 1. The third-order valence-corrected chi connectivity index (χ3v) is 11.9. The van der Waals surface area contributed by atoms with Crippen molar-refractivity contribution in [2.45, 2.75) is 65.9 Å². The van der Waals surface area contributed by atoms with E-state index >= 15 is 0 Å². The van der Waals surface area contributed by atoms with Gasteiger partial charge in [0.05, 0.1) is 29.3 Å². The number of non-ortho nitro benzene ring substituents is 1. The number of ether oxygens (including phenoxy) is 1. The van der Waals surface area contributed by atoms with Crippen molar-refractivity contribution < 1.29 is 31.3 Å². The fraction of sp³-hybridized carbons (Fsp3) is 0.196. The molecule has 0 spiro atoms. The third-order valence-electron chi connectivity index (χ3n) is 9.19. The van der Waals surface area contributed by atoms with Gasteiger partial charge in [0, 0.05) is 34.3 Å². The number of hydrogen-bond donors (Lipinski definition) is 1. The molecule has 59 heavy (non-hydrogen) atoms. The zero-order chi connectivity index (χ0) is 41.7. The summed E-state index contributed by atoms with van der Waals surface area (Å²) in [6, 6.07) is 57.5. The average molecular weight is 848 g/mol. The molecule has 0 saturated carbocycles. The predicted molar refractivity (Wildman–Crippen MR) is 246 cm³/mol. The van der Waals surface area contributed by atoms with Crippen molar-refractivity contribution in [2.24, 2.45) is 4.99 Å². The monoisotopic (exact) mass is 846 g/mol. The van der Waals surface area contributed by atoms with Crippen LogP contribution in [0.15, 0.2) is 169 Å². The van der Waals surface area contributed by atoms with E-state index in [2.05, 4.69) is 125 Å². The van der Waals surface area contributed by atoms with E-state index in [1.54, 1.807) is 18.2 Å². The number of nitro groups is 1. The summed E-state index contributed by atoms with van der Waals surface area (Å²) < 4.78 is 6.02. The Morgan fingerprint density at radius 1 is 0.695 bits per heavy atom. The molecule has 0 saturated heterocycles. The molecule has 0 bridgehead atoms. The van der Waals surface area contributed by atoms with Crippen molar-refractivity contribution in [2.75, 3.05) is 0 Å². The summed E-state index contributed by atoms with van der Waals surface area (Å²) in [7, 11) is -0.877. The van der Waals surface area contributed by atoms with Crippen LogP contribution in [0.3, 0.4) is 0 Å². The van der Waals surface area contributed by atoms with Gasteiger partial charge in [0.1, 0.15) is 33.0 Å². The maximum absolute atomic E-state index is 11.9. The summed E-state index contributed by atoms with van der Waals surface area (Å²) >= 11 is 0. The number of hydrogen-bond acceptors (Lipinski definition) is 5. The first-order valence-electron chi connectivity index (χ1n) is 19.6. The van der Waals surface area contributed by atoms with Gasteiger partial charge in [0.25, 0.3) is 5.69 Å². The first-order chi connectivity index (χ1) is 27.9. The number of phenolic OH excluding ortho intramolecular Hbond substituents is 1. The molecule has 0 heterocycles. The molecule has 0 amide bonds. The molecule has 0 aliphatic heterocycles. The van der Waals surface area contributed by atoms with Crippen LogP contribution in [-0.4, -0.2) is 21.8 Å². The minimum Gasteiger partial charge on any atom is -0.506 e. The zero-order valence-corrected chi connectivity index (χ0v) is 36.7. The predicted octanol–water partition coefficient (Wildman–Crippen LogP) is 12.3. The molecular formula is C51H53N2NiO4P.